The van der Waals surface area contributed by atoms with Gasteiger partial charge in [0, 0.05) is 31.7 Å². The van der Waals surface area contributed by atoms with Gasteiger partial charge in [-0.3, -0.25) is 9.80 Å². The van der Waals surface area contributed by atoms with Gasteiger partial charge in [-0.2, -0.15) is 5.10 Å². The number of hydrogen-bond donors (Lipinski definition) is 0. The van der Waals surface area contributed by atoms with Gasteiger partial charge in [0.15, 0.2) is 0 Å². The molecule has 3 rings (SSSR count). The van der Waals surface area contributed by atoms with E-state index in [0.717, 1.165) is 37.3 Å². The zero-order valence-corrected chi connectivity index (χ0v) is 13.4. The van der Waals surface area contributed by atoms with Gasteiger partial charge in [0.25, 0.3) is 0 Å². The second kappa shape index (κ2) is 7.20. The van der Waals surface area contributed by atoms with Crippen LogP contribution in [0.4, 0.5) is 0 Å². The number of nitrogens with zero attached hydrogens (tertiary/aromatic N) is 3. The Morgan fingerprint density at radius 1 is 0.913 bits per heavy atom. The van der Waals surface area contributed by atoms with Gasteiger partial charge >= 0.3 is 0 Å². The van der Waals surface area contributed by atoms with Gasteiger partial charge < -0.3 is 4.90 Å². The highest BCUT2D eigenvalue weighted by Crippen LogP contribution is 2.19. The summed E-state index contributed by atoms with van der Waals surface area (Å²) in [6.07, 6.45) is 1.43. The minimum atomic E-state index is -0.0523. The van der Waals surface area contributed by atoms with Gasteiger partial charge in [-0.05, 0) is 18.2 Å². The molecule has 1 saturated heterocycles. The molecule has 0 bridgehead atoms. The van der Waals surface area contributed by atoms with E-state index in [0.29, 0.717) is 5.56 Å². The minimum Gasteiger partial charge on any atom is -0.303 e. The molecule has 0 aliphatic carbocycles. The Kier molecular flexibility index (Phi) is 4.83. The van der Waals surface area contributed by atoms with Crippen LogP contribution in [-0.4, -0.2) is 55.1 Å². The van der Waals surface area contributed by atoms with Crippen LogP contribution in [0.3, 0.4) is 0 Å². The molecule has 0 N–H and O–H groups in total. The van der Waals surface area contributed by atoms with Crippen LogP contribution in [0.5, 0.6) is 0 Å². The summed E-state index contributed by atoms with van der Waals surface area (Å²) in [5, 5.41) is 6.26. The lowest BCUT2D eigenvalue weighted by Crippen LogP contribution is -2.41. The summed E-state index contributed by atoms with van der Waals surface area (Å²) in [5.74, 6) is -0.0523. The van der Waals surface area contributed by atoms with E-state index in [4.69, 9.17) is 0 Å². The summed E-state index contributed by atoms with van der Waals surface area (Å²) in [7, 11) is 2.10. The number of Topliss-reactive ketones (excluding diaryl/α,β-unsaturated/α-hetero) is 1. The van der Waals surface area contributed by atoms with E-state index in [-0.39, 0.29) is 5.78 Å². The Labute approximate surface area is 137 Å². The number of carbonyl (C=O) groups is 1. The van der Waals surface area contributed by atoms with Gasteiger partial charge in [0.2, 0.25) is 5.78 Å². The second-order valence-electron chi connectivity index (χ2n) is 5.81. The fourth-order valence-corrected chi connectivity index (χ4v) is 2.58. The fourth-order valence-electron chi connectivity index (χ4n) is 2.58. The number of likely N-dealkylation sites (N-methyl/N-ethyl adjacent to an activating group) is 1. The molecule has 0 amide bonds. The van der Waals surface area contributed by atoms with Crippen LogP contribution in [0.2, 0.25) is 0 Å². The average molecular weight is 307 g/mol. The van der Waals surface area contributed by atoms with Crippen LogP contribution >= 0.6 is 0 Å². The van der Waals surface area contributed by atoms with Crippen molar-refractivity contribution in [3.63, 3.8) is 0 Å². The van der Waals surface area contributed by atoms with Crippen LogP contribution in [0, 0.1) is 0 Å². The van der Waals surface area contributed by atoms with Crippen LogP contribution < -0.4 is 0 Å². The van der Waals surface area contributed by atoms with Crippen molar-refractivity contribution < 1.29 is 4.79 Å². The third-order valence-electron chi connectivity index (χ3n) is 4.09. The first-order chi connectivity index (χ1) is 11.2. The van der Waals surface area contributed by atoms with Crippen molar-refractivity contribution >= 4 is 12.0 Å². The van der Waals surface area contributed by atoms with E-state index in [2.05, 4.69) is 29.2 Å². The lowest BCUT2D eigenvalue weighted by atomic mass is 10.0. The minimum absolute atomic E-state index is 0.0523. The molecule has 1 heterocycles. The molecule has 2 aromatic rings. The van der Waals surface area contributed by atoms with Crippen molar-refractivity contribution in [1.82, 2.24) is 9.91 Å². The first kappa shape index (κ1) is 15.4. The molecule has 0 aromatic heterocycles. The summed E-state index contributed by atoms with van der Waals surface area (Å²) in [6.45, 7) is 3.70. The molecule has 0 spiro atoms. The molecule has 1 aliphatic rings. The molecule has 0 saturated carbocycles. The highest BCUT2D eigenvalue weighted by molar-refractivity contribution is 6.35. The summed E-state index contributed by atoms with van der Waals surface area (Å²) < 4.78 is 0. The summed E-state index contributed by atoms with van der Waals surface area (Å²) in [6, 6.07) is 17.8. The third kappa shape index (κ3) is 4.05. The highest BCUT2D eigenvalue weighted by Gasteiger charge is 2.11. The Morgan fingerprint density at radius 2 is 1.52 bits per heavy atom. The SMILES string of the molecule is CN1CCN(N=CC(=O)c2ccc(-c3ccccc3)cc2)CC1. The Bertz CT molecular complexity index is 672. The van der Waals surface area contributed by atoms with E-state index in [1.807, 2.05) is 47.5 Å². The Balaban J connectivity index is 1.64. The highest BCUT2D eigenvalue weighted by atomic mass is 16.1. The predicted molar refractivity (Wildman–Crippen MR) is 93.8 cm³/mol. The maximum Gasteiger partial charge on any atom is 0.205 e. The van der Waals surface area contributed by atoms with Crippen molar-refractivity contribution in [1.29, 1.82) is 0 Å². The number of carbonyl (C=O) groups excluding carboxylic acids is 1. The average Bonchev–Trinajstić information content (AvgIpc) is 2.62. The van der Waals surface area contributed by atoms with Crippen LogP contribution in [0.15, 0.2) is 59.7 Å². The number of ketones is 1. The maximum absolute atomic E-state index is 12.2. The summed E-state index contributed by atoms with van der Waals surface area (Å²) >= 11 is 0. The molecule has 2 aromatic carbocycles. The van der Waals surface area contributed by atoms with Gasteiger partial charge in [-0.1, -0.05) is 54.6 Å². The number of rotatable bonds is 4. The molecule has 23 heavy (non-hydrogen) atoms. The van der Waals surface area contributed by atoms with E-state index in [9.17, 15) is 4.79 Å². The molecule has 1 fully saturated rings. The standard InChI is InChI=1S/C19H21N3O/c1-21-11-13-22(14-12-21)20-15-19(23)18-9-7-17(8-10-18)16-5-3-2-4-6-16/h2-10,15H,11-14H2,1H3. The van der Waals surface area contributed by atoms with E-state index >= 15 is 0 Å². The zero-order valence-electron chi connectivity index (χ0n) is 13.4. The van der Waals surface area contributed by atoms with Crippen LogP contribution in [0.25, 0.3) is 11.1 Å². The van der Waals surface area contributed by atoms with Crippen LogP contribution in [-0.2, 0) is 0 Å². The quantitative estimate of drug-likeness (QED) is 0.644. The van der Waals surface area contributed by atoms with E-state index < -0.39 is 0 Å². The summed E-state index contributed by atoms with van der Waals surface area (Å²) in [4.78, 5) is 14.5. The van der Waals surface area contributed by atoms with E-state index in [1.54, 1.807) is 0 Å². The normalized spacial score (nSPS) is 16.0. The first-order valence-corrected chi connectivity index (χ1v) is 7.90. The van der Waals surface area contributed by atoms with Gasteiger partial charge in [-0.15, -0.1) is 0 Å². The van der Waals surface area contributed by atoms with E-state index in [1.165, 1.54) is 6.21 Å². The largest absolute Gasteiger partial charge is 0.303 e. The lowest BCUT2D eigenvalue weighted by molar-refractivity contribution is 0.106. The zero-order chi connectivity index (χ0) is 16.1. The third-order valence-corrected chi connectivity index (χ3v) is 4.09. The Hall–Kier alpha value is -2.46. The maximum atomic E-state index is 12.2. The molecular formula is C19H21N3O. The van der Waals surface area contributed by atoms with Crippen molar-refractivity contribution in [2.75, 3.05) is 33.2 Å². The molecular weight excluding hydrogens is 286 g/mol. The van der Waals surface area contributed by atoms with Gasteiger partial charge in [-0.25, -0.2) is 0 Å². The predicted octanol–water partition coefficient (Wildman–Crippen LogP) is 2.77. The van der Waals surface area contributed by atoms with Gasteiger partial charge in [0.05, 0.1) is 6.21 Å². The monoisotopic (exact) mass is 307 g/mol. The van der Waals surface area contributed by atoms with Crippen molar-refractivity contribution in [2.24, 2.45) is 5.10 Å². The molecule has 1 aliphatic heterocycles. The second-order valence-corrected chi connectivity index (χ2v) is 5.81. The molecule has 4 heteroatoms. The number of hydrazone groups is 1. The molecule has 0 atom stereocenters. The smallest absolute Gasteiger partial charge is 0.205 e. The fraction of sp³-hybridized carbons (Fsp3) is 0.263. The molecule has 118 valence electrons. The number of benzene rings is 2. The lowest BCUT2D eigenvalue weighted by Gasteiger charge is -2.30. The van der Waals surface area contributed by atoms with Crippen LogP contribution in [0.1, 0.15) is 10.4 Å². The topological polar surface area (TPSA) is 35.9 Å². The van der Waals surface area contributed by atoms with Crippen molar-refractivity contribution in [2.45, 2.75) is 0 Å². The first-order valence-electron chi connectivity index (χ1n) is 7.90. The molecule has 4 nitrogen and oxygen atoms in total. The molecule has 0 radical (unpaired) electrons. The molecule has 0 unspecified atom stereocenters. The Morgan fingerprint density at radius 3 is 2.17 bits per heavy atom. The number of hydrogen-bond acceptors (Lipinski definition) is 4. The number of piperazine rings is 1. The van der Waals surface area contributed by atoms with Crippen molar-refractivity contribution in [3.8, 4) is 11.1 Å². The van der Waals surface area contributed by atoms with Crippen molar-refractivity contribution in [3.05, 3.63) is 60.2 Å². The summed E-state index contributed by atoms with van der Waals surface area (Å²) in [5.41, 5.74) is 2.93. The van der Waals surface area contributed by atoms with Gasteiger partial charge in [0.1, 0.15) is 0 Å².